The lowest BCUT2D eigenvalue weighted by atomic mass is 10.2. The number of fused-ring (bicyclic) bond motifs is 1. The molecule has 0 saturated heterocycles. The fourth-order valence-corrected chi connectivity index (χ4v) is 3.53. The van der Waals surface area contributed by atoms with Crippen molar-refractivity contribution in [3.05, 3.63) is 82.1 Å². The first-order valence-corrected chi connectivity index (χ1v) is 10.1. The number of benzene rings is 3. The largest absolute Gasteiger partial charge is 0.332 e. The SMILES string of the molecule is Cc1cc2nn(-c3ccc(F)cc3)nc2cc1NC(=S)NC(=O)c1ccccc1Br. The molecule has 0 atom stereocenters. The second-order valence-corrected chi connectivity index (χ2v) is 7.77. The Morgan fingerprint density at radius 3 is 2.43 bits per heavy atom. The molecule has 0 bridgehead atoms. The van der Waals surface area contributed by atoms with Crippen LogP contribution >= 0.6 is 28.1 Å². The summed E-state index contributed by atoms with van der Waals surface area (Å²) in [5.41, 5.74) is 4.03. The summed E-state index contributed by atoms with van der Waals surface area (Å²) in [4.78, 5) is 13.9. The van der Waals surface area contributed by atoms with E-state index in [0.717, 1.165) is 5.56 Å². The van der Waals surface area contributed by atoms with E-state index >= 15 is 0 Å². The average molecular weight is 484 g/mol. The molecule has 1 aromatic heterocycles. The molecule has 2 N–H and O–H groups in total. The summed E-state index contributed by atoms with van der Waals surface area (Å²) < 4.78 is 13.8. The van der Waals surface area contributed by atoms with Crippen LogP contribution < -0.4 is 10.6 Å². The molecule has 0 saturated carbocycles. The summed E-state index contributed by atoms with van der Waals surface area (Å²) in [5.74, 6) is -0.642. The van der Waals surface area contributed by atoms with Crippen molar-refractivity contribution >= 4 is 55.9 Å². The fraction of sp³-hybridized carbons (Fsp3) is 0.0476. The zero-order chi connectivity index (χ0) is 21.3. The first-order chi connectivity index (χ1) is 14.4. The van der Waals surface area contributed by atoms with Gasteiger partial charge < -0.3 is 5.32 Å². The van der Waals surface area contributed by atoms with Crippen molar-refractivity contribution in [3.63, 3.8) is 0 Å². The predicted molar refractivity (Wildman–Crippen MR) is 121 cm³/mol. The van der Waals surface area contributed by atoms with Gasteiger partial charge in [0, 0.05) is 10.2 Å². The van der Waals surface area contributed by atoms with Crippen LogP contribution in [0.1, 0.15) is 15.9 Å². The Labute approximate surface area is 185 Å². The molecule has 1 amide bonds. The number of aryl methyl sites for hydroxylation is 1. The molecule has 6 nitrogen and oxygen atoms in total. The third kappa shape index (κ3) is 4.22. The monoisotopic (exact) mass is 483 g/mol. The van der Waals surface area contributed by atoms with Crippen molar-refractivity contribution in [2.75, 3.05) is 5.32 Å². The van der Waals surface area contributed by atoms with Crippen LogP contribution in [0.4, 0.5) is 10.1 Å². The highest BCUT2D eigenvalue weighted by Gasteiger charge is 2.13. The molecule has 4 aromatic rings. The highest BCUT2D eigenvalue weighted by atomic mass is 79.9. The van der Waals surface area contributed by atoms with Crippen molar-refractivity contribution in [1.29, 1.82) is 0 Å². The lowest BCUT2D eigenvalue weighted by molar-refractivity contribution is 0.0977. The number of hydrogen-bond donors (Lipinski definition) is 2. The van der Waals surface area contributed by atoms with E-state index in [4.69, 9.17) is 12.2 Å². The van der Waals surface area contributed by atoms with Gasteiger partial charge in [-0.15, -0.1) is 10.2 Å². The number of nitrogens with one attached hydrogen (secondary N) is 2. The van der Waals surface area contributed by atoms with Crippen molar-refractivity contribution in [1.82, 2.24) is 20.3 Å². The number of amides is 1. The van der Waals surface area contributed by atoms with E-state index in [0.29, 0.717) is 32.4 Å². The molecule has 0 radical (unpaired) electrons. The van der Waals surface area contributed by atoms with E-state index in [1.807, 2.05) is 19.1 Å². The summed E-state index contributed by atoms with van der Waals surface area (Å²) in [7, 11) is 0. The van der Waals surface area contributed by atoms with Gasteiger partial charge in [0.05, 0.1) is 11.3 Å². The molecule has 0 unspecified atom stereocenters. The lowest BCUT2D eigenvalue weighted by Crippen LogP contribution is -2.34. The Morgan fingerprint density at radius 2 is 1.73 bits per heavy atom. The first-order valence-electron chi connectivity index (χ1n) is 8.91. The first kappa shape index (κ1) is 20.1. The third-order valence-electron chi connectivity index (χ3n) is 4.38. The van der Waals surface area contributed by atoms with E-state index in [1.165, 1.54) is 16.9 Å². The maximum Gasteiger partial charge on any atom is 0.258 e. The molecule has 0 fully saturated rings. The number of aromatic nitrogens is 3. The highest BCUT2D eigenvalue weighted by molar-refractivity contribution is 9.10. The topological polar surface area (TPSA) is 71.8 Å². The third-order valence-corrected chi connectivity index (χ3v) is 5.27. The van der Waals surface area contributed by atoms with E-state index in [9.17, 15) is 9.18 Å². The van der Waals surface area contributed by atoms with Crippen LogP contribution in [0, 0.1) is 12.7 Å². The fourth-order valence-electron chi connectivity index (χ4n) is 2.86. The number of thiocarbonyl (C=S) groups is 1. The number of halogens is 2. The maximum atomic E-state index is 13.2. The molecule has 4 rings (SSSR count). The Hall–Kier alpha value is -3.17. The van der Waals surface area contributed by atoms with Crippen LogP contribution in [0.2, 0.25) is 0 Å². The van der Waals surface area contributed by atoms with Gasteiger partial charge in [-0.1, -0.05) is 12.1 Å². The minimum Gasteiger partial charge on any atom is -0.332 e. The zero-order valence-corrected chi connectivity index (χ0v) is 18.1. The molecule has 3 aromatic carbocycles. The molecule has 1 heterocycles. The Morgan fingerprint density at radius 1 is 1.07 bits per heavy atom. The molecule has 30 heavy (non-hydrogen) atoms. The van der Waals surface area contributed by atoms with Crippen molar-refractivity contribution in [3.8, 4) is 5.69 Å². The Bertz CT molecular complexity index is 1270. The number of anilines is 1. The minimum atomic E-state index is -0.323. The minimum absolute atomic E-state index is 0.170. The van der Waals surface area contributed by atoms with Gasteiger partial charge in [-0.25, -0.2) is 4.39 Å². The van der Waals surface area contributed by atoms with Gasteiger partial charge in [0.1, 0.15) is 16.9 Å². The Kier molecular flexibility index (Phi) is 5.56. The number of rotatable bonds is 3. The lowest BCUT2D eigenvalue weighted by Gasteiger charge is -2.12. The molecule has 150 valence electrons. The van der Waals surface area contributed by atoms with Crippen LogP contribution in [0.3, 0.4) is 0 Å². The van der Waals surface area contributed by atoms with E-state index in [-0.39, 0.29) is 16.8 Å². The van der Waals surface area contributed by atoms with E-state index < -0.39 is 0 Å². The van der Waals surface area contributed by atoms with Crippen LogP contribution in [-0.2, 0) is 0 Å². The van der Waals surface area contributed by atoms with Crippen LogP contribution in [0.25, 0.3) is 16.7 Å². The summed E-state index contributed by atoms with van der Waals surface area (Å²) in [5, 5.41) is 14.8. The van der Waals surface area contributed by atoms with Gasteiger partial charge in [0.25, 0.3) is 5.91 Å². The number of carbonyl (C=O) groups excluding carboxylic acids is 1. The average Bonchev–Trinajstić information content (AvgIpc) is 3.11. The van der Waals surface area contributed by atoms with Crippen molar-refractivity contribution < 1.29 is 9.18 Å². The summed E-state index contributed by atoms with van der Waals surface area (Å²) in [6.07, 6.45) is 0. The summed E-state index contributed by atoms with van der Waals surface area (Å²) in [6, 6.07) is 16.7. The van der Waals surface area contributed by atoms with Crippen LogP contribution in [0.5, 0.6) is 0 Å². The van der Waals surface area contributed by atoms with Crippen molar-refractivity contribution in [2.24, 2.45) is 0 Å². The zero-order valence-electron chi connectivity index (χ0n) is 15.7. The second-order valence-electron chi connectivity index (χ2n) is 6.51. The summed E-state index contributed by atoms with van der Waals surface area (Å²) in [6.45, 7) is 1.90. The van der Waals surface area contributed by atoms with E-state index in [1.54, 1.807) is 36.4 Å². The van der Waals surface area contributed by atoms with Crippen LogP contribution in [0.15, 0.2) is 65.1 Å². The number of carbonyl (C=O) groups is 1. The van der Waals surface area contributed by atoms with E-state index in [2.05, 4.69) is 36.8 Å². The molecule has 0 aliphatic rings. The molecule has 9 heteroatoms. The van der Waals surface area contributed by atoms with Gasteiger partial charge in [0.15, 0.2) is 5.11 Å². The van der Waals surface area contributed by atoms with Gasteiger partial charge in [-0.2, -0.15) is 4.80 Å². The summed E-state index contributed by atoms with van der Waals surface area (Å²) >= 11 is 8.65. The Balaban J connectivity index is 1.54. The maximum absolute atomic E-state index is 13.2. The standard InChI is InChI=1S/C21H15BrFN5OS/c1-12-10-18-19(27-28(26-18)14-8-6-13(23)7-9-14)11-17(12)24-21(30)25-20(29)15-4-2-3-5-16(15)22/h2-11H,1H3,(H2,24,25,29,30). The van der Waals surface area contributed by atoms with Gasteiger partial charge in [-0.05, 0) is 89.2 Å². The van der Waals surface area contributed by atoms with Gasteiger partial charge >= 0.3 is 0 Å². The van der Waals surface area contributed by atoms with Gasteiger partial charge in [0.2, 0.25) is 0 Å². The molecular weight excluding hydrogens is 469 g/mol. The quantitative estimate of drug-likeness (QED) is 0.411. The number of nitrogens with zero attached hydrogens (tertiary/aromatic N) is 3. The molecule has 0 aliphatic heterocycles. The normalized spacial score (nSPS) is 10.8. The van der Waals surface area contributed by atoms with Crippen molar-refractivity contribution in [2.45, 2.75) is 6.92 Å². The number of hydrogen-bond acceptors (Lipinski definition) is 4. The predicted octanol–water partition coefficient (Wildman–Crippen LogP) is 4.76. The second kappa shape index (κ2) is 8.29. The smallest absolute Gasteiger partial charge is 0.258 e. The van der Waals surface area contributed by atoms with Gasteiger partial charge in [-0.3, -0.25) is 10.1 Å². The molecule has 0 aliphatic carbocycles. The molecule has 0 spiro atoms. The molecular formula is C21H15BrFN5OS. The van der Waals surface area contributed by atoms with Crippen LogP contribution in [-0.4, -0.2) is 26.0 Å². The highest BCUT2D eigenvalue weighted by Crippen LogP contribution is 2.22.